The molecule has 0 bridgehead atoms. The highest BCUT2D eigenvalue weighted by atomic mass is 35.5. The number of hydrogen-bond donors (Lipinski definition) is 1. The number of nitrogens with one attached hydrogen (secondary N) is 1. The molecule has 2 aromatic carbocycles. The average molecular weight is 487 g/mol. The lowest BCUT2D eigenvalue weighted by atomic mass is 9.95. The molecular weight excluding hydrogens is 452 g/mol. The third-order valence-corrected chi connectivity index (χ3v) is 7.59. The van der Waals surface area contributed by atoms with Crippen LogP contribution in [0.4, 0.5) is 0 Å². The van der Waals surface area contributed by atoms with E-state index in [1.807, 2.05) is 49.4 Å². The third kappa shape index (κ3) is 7.79. The maximum absolute atomic E-state index is 13.4. The van der Waals surface area contributed by atoms with Crippen LogP contribution in [-0.2, 0) is 21.9 Å². The molecule has 1 fully saturated rings. The summed E-state index contributed by atoms with van der Waals surface area (Å²) in [6, 6.07) is 15.6. The molecule has 0 heterocycles. The van der Waals surface area contributed by atoms with E-state index in [0.717, 1.165) is 48.1 Å². The van der Waals surface area contributed by atoms with Gasteiger partial charge in [-0.1, -0.05) is 74.2 Å². The van der Waals surface area contributed by atoms with E-state index >= 15 is 0 Å². The molecule has 0 saturated heterocycles. The zero-order valence-electron chi connectivity index (χ0n) is 19.7. The molecule has 4 nitrogen and oxygen atoms in total. The van der Waals surface area contributed by atoms with Crippen molar-refractivity contribution in [1.29, 1.82) is 0 Å². The molecule has 1 unspecified atom stereocenters. The lowest BCUT2D eigenvalue weighted by Gasteiger charge is -2.33. The summed E-state index contributed by atoms with van der Waals surface area (Å²) in [4.78, 5) is 28.5. The van der Waals surface area contributed by atoms with Crippen LogP contribution < -0.4 is 5.32 Å². The highest BCUT2D eigenvalue weighted by molar-refractivity contribution is 7.99. The summed E-state index contributed by atoms with van der Waals surface area (Å²) in [5, 5.41) is 3.95. The van der Waals surface area contributed by atoms with E-state index < -0.39 is 6.04 Å². The Balaban J connectivity index is 1.70. The number of amides is 2. The number of hydrogen-bond acceptors (Lipinski definition) is 3. The molecule has 0 spiro atoms. The summed E-state index contributed by atoms with van der Waals surface area (Å²) >= 11 is 7.54. The second-order valence-electron chi connectivity index (χ2n) is 8.83. The minimum atomic E-state index is -0.463. The highest BCUT2D eigenvalue weighted by Crippen LogP contribution is 2.21. The number of thioether (sulfide) groups is 1. The lowest BCUT2D eigenvalue weighted by molar-refractivity contribution is -0.139. The van der Waals surface area contributed by atoms with E-state index in [0.29, 0.717) is 23.7 Å². The maximum Gasteiger partial charge on any atom is 0.243 e. The van der Waals surface area contributed by atoms with Crippen LogP contribution in [0.5, 0.6) is 0 Å². The lowest BCUT2D eigenvalue weighted by Crippen LogP contribution is -2.52. The molecule has 2 amide bonds. The van der Waals surface area contributed by atoms with Gasteiger partial charge in [-0.2, -0.15) is 0 Å². The summed E-state index contributed by atoms with van der Waals surface area (Å²) in [5.74, 6) is 1.05. The molecule has 3 rings (SSSR count). The summed E-state index contributed by atoms with van der Waals surface area (Å²) in [6.45, 7) is 4.49. The second-order valence-corrected chi connectivity index (χ2v) is 10.3. The number of nitrogens with zero attached hydrogens (tertiary/aromatic N) is 1. The van der Waals surface area contributed by atoms with Crippen LogP contribution in [0.25, 0.3) is 0 Å². The van der Waals surface area contributed by atoms with Crippen LogP contribution in [-0.4, -0.2) is 34.6 Å². The minimum Gasteiger partial charge on any atom is -0.352 e. The Bertz CT molecular complexity index is 913. The van der Waals surface area contributed by atoms with Crippen molar-refractivity contribution in [3.8, 4) is 0 Å². The molecule has 1 saturated carbocycles. The van der Waals surface area contributed by atoms with Crippen molar-refractivity contribution >= 4 is 35.2 Å². The smallest absolute Gasteiger partial charge is 0.243 e. The maximum atomic E-state index is 13.4. The van der Waals surface area contributed by atoms with Gasteiger partial charge < -0.3 is 10.2 Å². The monoisotopic (exact) mass is 486 g/mol. The zero-order valence-corrected chi connectivity index (χ0v) is 21.3. The quantitative estimate of drug-likeness (QED) is 0.439. The second kappa shape index (κ2) is 13.0. The Kier molecular flexibility index (Phi) is 10.1. The normalized spacial score (nSPS) is 15.1. The van der Waals surface area contributed by atoms with Gasteiger partial charge in [0.1, 0.15) is 6.04 Å². The van der Waals surface area contributed by atoms with Crippen molar-refractivity contribution in [2.24, 2.45) is 0 Å². The molecule has 0 aliphatic heterocycles. The first-order valence-electron chi connectivity index (χ1n) is 11.9. The van der Waals surface area contributed by atoms with Crippen molar-refractivity contribution in [1.82, 2.24) is 10.2 Å². The Labute approximate surface area is 207 Å². The van der Waals surface area contributed by atoms with E-state index in [2.05, 4.69) is 18.3 Å². The summed E-state index contributed by atoms with van der Waals surface area (Å²) in [6.07, 6.45) is 6.23. The van der Waals surface area contributed by atoms with Gasteiger partial charge in [0.15, 0.2) is 0 Å². The van der Waals surface area contributed by atoms with Crippen LogP contribution in [0.2, 0.25) is 5.02 Å². The number of carbonyl (C=O) groups excluding carboxylic acids is 2. The molecule has 2 aromatic rings. The van der Waals surface area contributed by atoms with Gasteiger partial charge in [-0.15, -0.1) is 11.8 Å². The Morgan fingerprint density at radius 2 is 1.79 bits per heavy atom. The van der Waals surface area contributed by atoms with E-state index in [4.69, 9.17) is 11.6 Å². The van der Waals surface area contributed by atoms with Crippen molar-refractivity contribution in [3.05, 3.63) is 70.2 Å². The van der Waals surface area contributed by atoms with Crippen LogP contribution >= 0.6 is 23.4 Å². The standard InChI is InChI=1S/C27H35ClN2O2S/c1-3-25(27(32)29-24-11-5-4-6-12-24)30(17-22-10-8-7-9-20(22)2)26(31)19-33-18-21-13-15-23(28)16-14-21/h7-10,13-16,24-25H,3-6,11-12,17-19H2,1-2H3,(H,29,32). The van der Waals surface area contributed by atoms with Crippen LogP contribution in [0.3, 0.4) is 0 Å². The Morgan fingerprint density at radius 3 is 2.45 bits per heavy atom. The van der Waals surface area contributed by atoms with Gasteiger partial charge in [-0.3, -0.25) is 9.59 Å². The van der Waals surface area contributed by atoms with Gasteiger partial charge in [-0.25, -0.2) is 0 Å². The Hall–Kier alpha value is -1.98. The molecule has 1 aliphatic carbocycles. The fourth-order valence-corrected chi connectivity index (χ4v) is 5.35. The number of carbonyl (C=O) groups is 2. The van der Waals surface area contributed by atoms with Crippen LogP contribution in [0, 0.1) is 6.92 Å². The molecule has 1 aliphatic rings. The molecule has 178 valence electrons. The Morgan fingerprint density at radius 1 is 1.09 bits per heavy atom. The van der Waals surface area contributed by atoms with E-state index in [9.17, 15) is 9.59 Å². The SMILES string of the molecule is CCC(C(=O)NC1CCCCC1)N(Cc1ccccc1C)C(=O)CSCc1ccc(Cl)cc1. The zero-order chi connectivity index (χ0) is 23.6. The predicted molar refractivity (Wildman–Crippen MR) is 138 cm³/mol. The van der Waals surface area contributed by atoms with Crippen molar-refractivity contribution in [3.63, 3.8) is 0 Å². The number of rotatable bonds is 10. The van der Waals surface area contributed by atoms with Gasteiger partial charge in [0.2, 0.25) is 11.8 Å². The predicted octanol–water partition coefficient (Wildman–Crippen LogP) is 6.14. The summed E-state index contributed by atoms with van der Waals surface area (Å²) < 4.78 is 0. The fraction of sp³-hybridized carbons (Fsp3) is 0.481. The summed E-state index contributed by atoms with van der Waals surface area (Å²) in [5.41, 5.74) is 3.34. The first-order chi connectivity index (χ1) is 16.0. The van der Waals surface area contributed by atoms with Crippen LogP contribution in [0.1, 0.15) is 62.1 Å². The number of halogens is 1. The van der Waals surface area contributed by atoms with Gasteiger partial charge in [0.25, 0.3) is 0 Å². The topological polar surface area (TPSA) is 49.4 Å². The molecule has 6 heteroatoms. The van der Waals surface area contributed by atoms with Gasteiger partial charge >= 0.3 is 0 Å². The van der Waals surface area contributed by atoms with Crippen molar-refractivity contribution in [2.45, 2.75) is 76.8 Å². The van der Waals surface area contributed by atoms with Crippen molar-refractivity contribution in [2.75, 3.05) is 5.75 Å². The molecule has 33 heavy (non-hydrogen) atoms. The number of benzene rings is 2. The first kappa shape index (κ1) is 25.6. The van der Waals surface area contributed by atoms with E-state index in [1.165, 1.54) is 6.42 Å². The minimum absolute atomic E-state index is 0.00265. The number of aryl methyl sites for hydroxylation is 1. The molecule has 0 aromatic heterocycles. The van der Waals surface area contributed by atoms with Gasteiger partial charge in [0, 0.05) is 23.4 Å². The summed E-state index contributed by atoms with van der Waals surface area (Å²) in [7, 11) is 0. The van der Waals surface area contributed by atoms with E-state index in [-0.39, 0.29) is 17.9 Å². The molecule has 1 atom stereocenters. The average Bonchev–Trinajstić information content (AvgIpc) is 2.82. The first-order valence-corrected chi connectivity index (χ1v) is 13.5. The van der Waals surface area contributed by atoms with Crippen LogP contribution in [0.15, 0.2) is 48.5 Å². The molecule has 1 N–H and O–H groups in total. The molecule has 0 radical (unpaired) electrons. The fourth-order valence-electron chi connectivity index (χ4n) is 4.35. The molecular formula is C27H35ClN2O2S. The van der Waals surface area contributed by atoms with Gasteiger partial charge in [-0.05, 0) is 55.0 Å². The van der Waals surface area contributed by atoms with Gasteiger partial charge in [0.05, 0.1) is 5.75 Å². The van der Waals surface area contributed by atoms with Crippen molar-refractivity contribution < 1.29 is 9.59 Å². The third-order valence-electron chi connectivity index (χ3n) is 6.35. The highest BCUT2D eigenvalue weighted by Gasteiger charge is 2.30. The van der Waals surface area contributed by atoms with E-state index in [1.54, 1.807) is 16.7 Å². The largest absolute Gasteiger partial charge is 0.352 e.